The molecular weight excluding hydrogens is 370 g/mol. The van der Waals surface area contributed by atoms with Crippen LogP contribution in [0, 0.1) is 18.6 Å². The standard InChI is InChI=1S/C24H26F2N2O/c1-17-7-9-18(10-8-17)13-20(16-29-2)28-24-6-4-3-5-23(24)27-15-19-11-12-21(25)22(26)14-19/h3-12,14,20,27-28H,13,15-16H2,1-2H3. The van der Waals surface area contributed by atoms with Crippen LogP contribution in [0.1, 0.15) is 16.7 Å². The fourth-order valence-electron chi connectivity index (χ4n) is 3.19. The molecule has 0 aliphatic rings. The number of ether oxygens (including phenoxy) is 1. The second-order valence-corrected chi connectivity index (χ2v) is 7.13. The molecule has 0 amide bonds. The maximum Gasteiger partial charge on any atom is 0.159 e. The zero-order valence-electron chi connectivity index (χ0n) is 16.7. The first-order valence-corrected chi connectivity index (χ1v) is 9.63. The molecule has 1 atom stereocenters. The minimum absolute atomic E-state index is 0.0916. The minimum atomic E-state index is -0.839. The largest absolute Gasteiger partial charge is 0.383 e. The summed E-state index contributed by atoms with van der Waals surface area (Å²) in [6.45, 7) is 3.03. The molecule has 3 aromatic carbocycles. The molecule has 3 rings (SSSR count). The Morgan fingerprint density at radius 1 is 0.862 bits per heavy atom. The van der Waals surface area contributed by atoms with E-state index in [0.717, 1.165) is 23.9 Å². The summed E-state index contributed by atoms with van der Waals surface area (Å²) in [7, 11) is 1.69. The van der Waals surface area contributed by atoms with Crippen LogP contribution in [0.2, 0.25) is 0 Å². The average Bonchev–Trinajstić information content (AvgIpc) is 2.72. The highest BCUT2D eigenvalue weighted by Gasteiger charge is 2.12. The smallest absolute Gasteiger partial charge is 0.159 e. The van der Waals surface area contributed by atoms with Crippen LogP contribution in [0.4, 0.5) is 20.2 Å². The van der Waals surface area contributed by atoms with Crippen molar-refractivity contribution in [1.82, 2.24) is 0 Å². The number of benzene rings is 3. The van der Waals surface area contributed by atoms with Gasteiger partial charge in [0.2, 0.25) is 0 Å². The van der Waals surface area contributed by atoms with Crippen LogP contribution in [-0.4, -0.2) is 19.8 Å². The highest BCUT2D eigenvalue weighted by molar-refractivity contribution is 5.69. The average molecular weight is 396 g/mol. The van der Waals surface area contributed by atoms with Gasteiger partial charge < -0.3 is 15.4 Å². The quantitative estimate of drug-likeness (QED) is 0.497. The van der Waals surface area contributed by atoms with Gasteiger partial charge in [0.25, 0.3) is 0 Å². The van der Waals surface area contributed by atoms with Gasteiger partial charge in [-0.05, 0) is 48.7 Å². The van der Waals surface area contributed by atoms with Gasteiger partial charge in [0, 0.05) is 13.7 Å². The molecule has 3 nitrogen and oxygen atoms in total. The summed E-state index contributed by atoms with van der Waals surface area (Å²) >= 11 is 0. The Kier molecular flexibility index (Phi) is 7.19. The summed E-state index contributed by atoms with van der Waals surface area (Å²) in [4.78, 5) is 0. The van der Waals surface area contributed by atoms with E-state index in [1.54, 1.807) is 13.2 Å². The van der Waals surface area contributed by atoms with Crippen LogP contribution in [0.25, 0.3) is 0 Å². The van der Waals surface area contributed by atoms with Crippen LogP contribution >= 0.6 is 0 Å². The highest BCUT2D eigenvalue weighted by atomic mass is 19.2. The summed E-state index contributed by atoms with van der Waals surface area (Å²) < 4.78 is 32.0. The molecule has 0 spiro atoms. The van der Waals surface area contributed by atoms with Gasteiger partial charge in [0.05, 0.1) is 24.0 Å². The van der Waals surface area contributed by atoms with E-state index >= 15 is 0 Å². The van der Waals surface area contributed by atoms with E-state index in [2.05, 4.69) is 41.8 Å². The number of hydrogen-bond donors (Lipinski definition) is 2. The third-order valence-electron chi connectivity index (χ3n) is 4.72. The Morgan fingerprint density at radius 2 is 1.55 bits per heavy atom. The molecule has 5 heteroatoms. The van der Waals surface area contributed by atoms with Crippen LogP contribution in [-0.2, 0) is 17.7 Å². The molecule has 0 radical (unpaired) electrons. The lowest BCUT2D eigenvalue weighted by Crippen LogP contribution is -2.28. The van der Waals surface area contributed by atoms with E-state index in [1.165, 1.54) is 17.2 Å². The molecule has 0 bridgehead atoms. The fourth-order valence-corrected chi connectivity index (χ4v) is 3.19. The van der Waals surface area contributed by atoms with Crippen LogP contribution in [0.5, 0.6) is 0 Å². The topological polar surface area (TPSA) is 33.3 Å². The predicted molar refractivity (Wildman–Crippen MR) is 114 cm³/mol. The van der Waals surface area contributed by atoms with Crippen molar-refractivity contribution < 1.29 is 13.5 Å². The number of nitrogens with one attached hydrogen (secondary N) is 2. The van der Waals surface area contributed by atoms with Crippen LogP contribution in [0.3, 0.4) is 0 Å². The molecule has 1 unspecified atom stereocenters. The lowest BCUT2D eigenvalue weighted by atomic mass is 10.0. The molecule has 0 saturated heterocycles. The van der Waals surface area contributed by atoms with Gasteiger partial charge >= 0.3 is 0 Å². The first-order valence-electron chi connectivity index (χ1n) is 9.63. The van der Waals surface area contributed by atoms with E-state index in [1.807, 2.05) is 24.3 Å². The number of anilines is 2. The van der Waals surface area contributed by atoms with E-state index in [4.69, 9.17) is 4.74 Å². The van der Waals surface area contributed by atoms with Crippen LogP contribution in [0.15, 0.2) is 66.7 Å². The van der Waals surface area contributed by atoms with Gasteiger partial charge in [-0.3, -0.25) is 0 Å². The number of rotatable bonds is 9. The van der Waals surface area contributed by atoms with E-state index in [-0.39, 0.29) is 6.04 Å². The number of aryl methyl sites for hydroxylation is 1. The monoisotopic (exact) mass is 396 g/mol. The minimum Gasteiger partial charge on any atom is -0.383 e. The predicted octanol–water partition coefficient (Wildman–Crippen LogP) is 5.55. The summed E-state index contributed by atoms with van der Waals surface area (Å²) in [5.41, 5.74) is 4.97. The lowest BCUT2D eigenvalue weighted by Gasteiger charge is -2.22. The van der Waals surface area contributed by atoms with Crippen molar-refractivity contribution >= 4 is 11.4 Å². The zero-order valence-corrected chi connectivity index (χ0v) is 16.7. The third-order valence-corrected chi connectivity index (χ3v) is 4.72. The number of methoxy groups -OCH3 is 1. The Bertz CT molecular complexity index is 928. The first-order chi connectivity index (χ1) is 14.0. The summed E-state index contributed by atoms with van der Waals surface area (Å²) in [5.74, 6) is -1.68. The Morgan fingerprint density at radius 3 is 2.24 bits per heavy atom. The first kappa shape index (κ1) is 20.8. The number of hydrogen-bond acceptors (Lipinski definition) is 3. The van der Waals surface area contributed by atoms with Gasteiger partial charge in [0.15, 0.2) is 11.6 Å². The number of halogens is 2. The number of para-hydroxylation sites is 2. The molecule has 0 aliphatic heterocycles. The summed E-state index contributed by atoms with van der Waals surface area (Å²) in [5, 5.41) is 6.85. The van der Waals surface area contributed by atoms with Crippen molar-refractivity contribution in [2.24, 2.45) is 0 Å². The zero-order chi connectivity index (χ0) is 20.6. The SMILES string of the molecule is COCC(Cc1ccc(C)cc1)Nc1ccccc1NCc1ccc(F)c(F)c1. The van der Waals surface area contributed by atoms with Gasteiger partial charge in [-0.1, -0.05) is 48.0 Å². The third kappa shape index (κ3) is 6.03. The molecular formula is C24H26F2N2O. The van der Waals surface area contributed by atoms with Gasteiger partial charge in [-0.25, -0.2) is 8.78 Å². The fraction of sp³-hybridized carbons (Fsp3) is 0.250. The normalized spacial score (nSPS) is 11.9. The molecule has 3 aromatic rings. The maximum atomic E-state index is 13.4. The van der Waals surface area contributed by atoms with E-state index in [9.17, 15) is 8.78 Å². The van der Waals surface area contributed by atoms with Crippen molar-refractivity contribution in [2.75, 3.05) is 24.4 Å². The van der Waals surface area contributed by atoms with Crippen molar-refractivity contribution in [3.8, 4) is 0 Å². The molecule has 0 aliphatic carbocycles. The Hall–Kier alpha value is -2.92. The van der Waals surface area contributed by atoms with Gasteiger partial charge in [-0.15, -0.1) is 0 Å². The molecule has 152 valence electrons. The van der Waals surface area contributed by atoms with E-state index < -0.39 is 11.6 Å². The van der Waals surface area contributed by atoms with Crippen molar-refractivity contribution in [3.05, 3.63) is 95.1 Å². The van der Waals surface area contributed by atoms with Gasteiger partial charge in [-0.2, -0.15) is 0 Å². The lowest BCUT2D eigenvalue weighted by molar-refractivity contribution is 0.185. The van der Waals surface area contributed by atoms with Crippen LogP contribution < -0.4 is 10.6 Å². The summed E-state index contributed by atoms with van der Waals surface area (Å²) in [6.07, 6.45) is 0.825. The molecule has 0 heterocycles. The molecule has 0 saturated carbocycles. The highest BCUT2D eigenvalue weighted by Crippen LogP contribution is 2.24. The van der Waals surface area contributed by atoms with Crippen molar-refractivity contribution in [1.29, 1.82) is 0 Å². The Balaban J connectivity index is 1.70. The van der Waals surface area contributed by atoms with E-state index in [0.29, 0.717) is 18.7 Å². The summed E-state index contributed by atoms with van der Waals surface area (Å²) in [6, 6.07) is 20.3. The molecule has 0 fully saturated rings. The van der Waals surface area contributed by atoms with Crippen molar-refractivity contribution in [3.63, 3.8) is 0 Å². The maximum absolute atomic E-state index is 13.4. The molecule has 0 aromatic heterocycles. The molecule has 2 N–H and O–H groups in total. The van der Waals surface area contributed by atoms with Gasteiger partial charge in [0.1, 0.15) is 0 Å². The Labute approximate surface area is 170 Å². The second-order valence-electron chi connectivity index (χ2n) is 7.13. The van der Waals surface area contributed by atoms with Crippen molar-refractivity contribution in [2.45, 2.75) is 25.9 Å². The molecule has 29 heavy (non-hydrogen) atoms. The second kappa shape index (κ2) is 10.0.